The predicted molar refractivity (Wildman–Crippen MR) is 61.5 cm³/mol. The molecule has 0 atom stereocenters. The zero-order valence-corrected chi connectivity index (χ0v) is 10.6. The molecular formula is C9H14ClN3OS. The smallest absolute Gasteiger partial charge is 0.265 e. The van der Waals surface area contributed by atoms with E-state index in [9.17, 15) is 4.79 Å². The van der Waals surface area contributed by atoms with Gasteiger partial charge in [-0.15, -0.1) is 16.7 Å². The molecule has 84 valence electrons. The van der Waals surface area contributed by atoms with Gasteiger partial charge >= 0.3 is 0 Å². The minimum atomic E-state index is -0.296. The number of hydrogen-bond acceptors (Lipinski definition) is 4. The lowest BCUT2D eigenvalue weighted by atomic mass is 10.0. The van der Waals surface area contributed by atoms with Crippen molar-refractivity contribution in [1.29, 1.82) is 0 Å². The van der Waals surface area contributed by atoms with E-state index in [-0.39, 0.29) is 11.4 Å². The summed E-state index contributed by atoms with van der Waals surface area (Å²) in [5.74, 6) is 0.394. The van der Waals surface area contributed by atoms with Crippen molar-refractivity contribution in [3.05, 3.63) is 10.6 Å². The van der Waals surface area contributed by atoms with Crippen LogP contribution in [0.25, 0.3) is 0 Å². The van der Waals surface area contributed by atoms with Gasteiger partial charge in [0.1, 0.15) is 4.88 Å². The van der Waals surface area contributed by atoms with Crippen molar-refractivity contribution < 1.29 is 4.79 Å². The molecule has 15 heavy (non-hydrogen) atoms. The summed E-state index contributed by atoms with van der Waals surface area (Å²) in [5, 5.41) is 6.70. The van der Waals surface area contributed by atoms with Crippen LogP contribution in [-0.4, -0.2) is 26.9 Å². The second-order valence-corrected chi connectivity index (χ2v) is 5.10. The van der Waals surface area contributed by atoms with E-state index in [1.807, 2.05) is 13.8 Å². The molecule has 0 aliphatic heterocycles. The summed E-state index contributed by atoms with van der Waals surface area (Å²) in [4.78, 5) is 12.4. The zero-order chi connectivity index (χ0) is 11.5. The molecular weight excluding hydrogens is 234 g/mol. The SMILES string of the molecule is Cc1nnsc1C(=O)NC(C)(C)CCCl. The molecule has 0 radical (unpaired) electrons. The summed E-state index contributed by atoms with van der Waals surface area (Å²) in [6.07, 6.45) is 0.728. The lowest BCUT2D eigenvalue weighted by molar-refractivity contribution is 0.0915. The summed E-state index contributed by atoms with van der Waals surface area (Å²) < 4.78 is 3.72. The number of carbonyl (C=O) groups excluding carboxylic acids is 1. The molecule has 1 amide bonds. The Balaban J connectivity index is 2.68. The molecule has 4 nitrogen and oxygen atoms in total. The van der Waals surface area contributed by atoms with Gasteiger partial charge in [0, 0.05) is 11.4 Å². The lowest BCUT2D eigenvalue weighted by Gasteiger charge is -2.24. The number of hydrogen-bond donors (Lipinski definition) is 1. The number of aromatic nitrogens is 2. The highest BCUT2D eigenvalue weighted by molar-refractivity contribution is 7.08. The van der Waals surface area contributed by atoms with Gasteiger partial charge in [-0.3, -0.25) is 4.79 Å². The van der Waals surface area contributed by atoms with Gasteiger partial charge in [-0.1, -0.05) is 4.49 Å². The monoisotopic (exact) mass is 247 g/mol. The molecule has 1 aromatic heterocycles. The molecule has 0 spiro atoms. The maximum absolute atomic E-state index is 11.8. The third-order valence-corrected chi connectivity index (χ3v) is 3.04. The number of halogens is 1. The first kappa shape index (κ1) is 12.4. The predicted octanol–water partition coefficient (Wildman–Crippen LogP) is 1.98. The molecule has 1 N–H and O–H groups in total. The first-order valence-electron chi connectivity index (χ1n) is 4.64. The number of rotatable bonds is 4. The summed E-state index contributed by atoms with van der Waals surface area (Å²) in [7, 11) is 0. The first-order valence-corrected chi connectivity index (χ1v) is 5.94. The van der Waals surface area contributed by atoms with Crippen molar-refractivity contribution in [2.45, 2.75) is 32.7 Å². The van der Waals surface area contributed by atoms with Crippen LogP contribution in [-0.2, 0) is 0 Å². The molecule has 0 saturated carbocycles. The second-order valence-electron chi connectivity index (χ2n) is 3.96. The molecule has 1 aromatic rings. The summed E-state index contributed by atoms with van der Waals surface area (Å²) in [5.41, 5.74) is 0.370. The Morgan fingerprint density at radius 1 is 1.60 bits per heavy atom. The van der Waals surface area contributed by atoms with Crippen molar-refractivity contribution in [3.63, 3.8) is 0 Å². The molecule has 1 heterocycles. The van der Waals surface area contributed by atoms with Crippen LogP contribution in [0.15, 0.2) is 0 Å². The summed E-state index contributed by atoms with van der Waals surface area (Å²) in [6, 6.07) is 0. The molecule has 0 bridgehead atoms. The first-order chi connectivity index (χ1) is 6.96. The van der Waals surface area contributed by atoms with E-state index >= 15 is 0 Å². The fourth-order valence-electron chi connectivity index (χ4n) is 1.10. The fourth-order valence-corrected chi connectivity index (χ4v) is 2.13. The van der Waals surface area contributed by atoms with Crippen LogP contribution in [0.3, 0.4) is 0 Å². The van der Waals surface area contributed by atoms with Crippen LogP contribution in [0.2, 0.25) is 0 Å². The van der Waals surface area contributed by atoms with Gasteiger partial charge in [0.25, 0.3) is 5.91 Å². The molecule has 0 aliphatic rings. The minimum absolute atomic E-state index is 0.127. The second kappa shape index (κ2) is 4.90. The summed E-state index contributed by atoms with van der Waals surface area (Å²) >= 11 is 6.76. The van der Waals surface area contributed by atoms with Crippen LogP contribution in [0.5, 0.6) is 0 Å². The summed E-state index contributed by atoms with van der Waals surface area (Å²) in [6.45, 7) is 5.65. The largest absolute Gasteiger partial charge is 0.346 e. The maximum atomic E-state index is 11.8. The van der Waals surface area contributed by atoms with Crippen molar-refractivity contribution in [1.82, 2.24) is 14.9 Å². The number of carbonyl (C=O) groups is 1. The van der Waals surface area contributed by atoms with Gasteiger partial charge in [0.2, 0.25) is 0 Å². The van der Waals surface area contributed by atoms with Crippen LogP contribution in [0, 0.1) is 6.92 Å². The normalized spacial score (nSPS) is 11.5. The topological polar surface area (TPSA) is 54.9 Å². The van der Waals surface area contributed by atoms with Crippen LogP contribution in [0.4, 0.5) is 0 Å². The Hall–Kier alpha value is -0.680. The Morgan fingerprint density at radius 2 is 2.27 bits per heavy atom. The van der Waals surface area contributed by atoms with E-state index in [4.69, 9.17) is 11.6 Å². The number of alkyl halides is 1. The third kappa shape index (κ3) is 3.43. The van der Waals surface area contributed by atoms with Gasteiger partial charge in [0.05, 0.1) is 5.69 Å². The van der Waals surface area contributed by atoms with Gasteiger partial charge in [-0.05, 0) is 38.7 Å². The molecule has 0 unspecified atom stereocenters. The molecule has 6 heteroatoms. The van der Waals surface area contributed by atoms with Crippen molar-refractivity contribution in [3.8, 4) is 0 Å². The molecule has 0 fully saturated rings. The fraction of sp³-hybridized carbons (Fsp3) is 0.667. The minimum Gasteiger partial charge on any atom is -0.346 e. The zero-order valence-electron chi connectivity index (χ0n) is 9.00. The molecule has 0 aliphatic carbocycles. The molecule has 0 saturated heterocycles. The van der Waals surface area contributed by atoms with E-state index in [1.165, 1.54) is 0 Å². The van der Waals surface area contributed by atoms with E-state index < -0.39 is 0 Å². The molecule has 1 rings (SSSR count). The van der Waals surface area contributed by atoms with E-state index in [2.05, 4.69) is 14.9 Å². The number of nitrogens with zero attached hydrogens (tertiary/aromatic N) is 2. The number of aryl methyl sites for hydroxylation is 1. The van der Waals surface area contributed by atoms with Gasteiger partial charge < -0.3 is 5.32 Å². The Morgan fingerprint density at radius 3 is 2.73 bits per heavy atom. The molecule has 0 aromatic carbocycles. The van der Waals surface area contributed by atoms with Gasteiger partial charge in [-0.2, -0.15) is 0 Å². The van der Waals surface area contributed by atoms with E-state index in [1.54, 1.807) is 6.92 Å². The van der Waals surface area contributed by atoms with E-state index in [0.29, 0.717) is 16.5 Å². The lowest BCUT2D eigenvalue weighted by Crippen LogP contribution is -2.43. The van der Waals surface area contributed by atoms with Crippen LogP contribution >= 0.6 is 23.1 Å². The third-order valence-electron chi connectivity index (χ3n) is 2.03. The van der Waals surface area contributed by atoms with Crippen molar-refractivity contribution in [2.75, 3.05) is 5.88 Å². The average Bonchev–Trinajstić information content (AvgIpc) is 2.50. The number of nitrogens with one attached hydrogen (secondary N) is 1. The number of amides is 1. The highest BCUT2D eigenvalue weighted by Crippen LogP contribution is 2.14. The Bertz CT molecular complexity index is 351. The maximum Gasteiger partial charge on any atom is 0.265 e. The standard InChI is InChI=1S/C9H14ClN3OS/c1-6-7(15-13-12-6)8(14)11-9(2,3)4-5-10/h4-5H2,1-3H3,(H,11,14). The van der Waals surface area contributed by atoms with Crippen LogP contribution in [0.1, 0.15) is 35.6 Å². The van der Waals surface area contributed by atoms with Crippen molar-refractivity contribution in [2.24, 2.45) is 0 Å². The highest BCUT2D eigenvalue weighted by Gasteiger charge is 2.22. The Kier molecular flexibility index (Phi) is 4.04. The van der Waals surface area contributed by atoms with Crippen molar-refractivity contribution >= 4 is 29.0 Å². The Labute approximate surface area is 98.2 Å². The quantitative estimate of drug-likeness (QED) is 0.828. The average molecular weight is 248 g/mol. The van der Waals surface area contributed by atoms with Crippen LogP contribution < -0.4 is 5.32 Å². The van der Waals surface area contributed by atoms with Gasteiger partial charge in [0.15, 0.2) is 0 Å². The van der Waals surface area contributed by atoms with E-state index in [0.717, 1.165) is 18.0 Å². The highest BCUT2D eigenvalue weighted by atomic mass is 35.5. The van der Waals surface area contributed by atoms with Gasteiger partial charge in [-0.25, -0.2) is 0 Å².